The maximum atomic E-state index is 11.3. The number of hydrogen-bond acceptors (Lipinski definition) is 2. The van der Waals surface area contributed by atoms with Crippen LogP contribution >= 0.6 is 0 Å². The lowest BCUT2D eigenvalue weighted by molar-refractivity contribution is -0.115. The Hall–Kier alpha value is -1.46. The molecule has 3 amide bonds. The molecule has 0 aromatic heterocycles. The van der Waals surface area contributed by atoms with E-state index < -0.39 is 18.5 Å². The van der Waals surface area contributed by atoms with Crippen molar-refractivity contribution in [3.05, 3.63) is 12.7 Å². The lowest BCUT2D eigenvalue weighted by Gasteiger charge is -2.01. The zero-order chi connectivity index (χ0) is 8.85. The number of amides is 3. The van der Waals surface area contributed by atoms with Gasteiger partial charge in [-0.05, 0) is 6.08 Å². The van der Waals surface area contributed by atoms with Gasteiger partial charge in [-0.2, -0.15) is 8.78 Å². The van der Waals surface area contributed by atoms with Gasteiger partial charge in [0.15, 0.2) is 0 Å². The highest BCUT2D eigenvalue weighted by molar-refractivity contribution is 5.99. The van der Waals surface area contributed by atoms with Crippen LogP contribution in [0.25, 0.3) is 0 Å². The van der Waals surface area contributed by atoms with E-state index in [0.29, 0.717) is 0 Å². The second kappa shape index (κ2) is 4.37. The van der Waals surface area contributed by atoms with Crippen molar-refractivity contribution in [1.82, 2.24) is 10.6 Å². The number of carbonyl (C=O) groups excluding carboxylic acids is 2. The van der Waals surface area contributed by atoms with Crippen LogP contribution in [-0.4, -0.2) is 18.5 Å². The van der Waals surface area contributed by atoms with Crippen LogP contribution in [-0.2, 0) is 4.79 Å². The minimum absolute atomic E-state index is 0.797. The maximum Gasteiger partial charge on any atom is 0.325 e. The van der Waals surface area contributed by atoms with E-state index in [0.717, 1.165) is 11.4 Å². The summed E-state index contributed by atoms with van der Waals surface area (Å²) >= 11 is 0. The largest absolute Gasteiger partial charge is 0.325 e. The number of urea groups is 1. The van der Waals surface area contributed by atoms with Crippen molar-refractivity contribution >= 4 is 11.9 Å². The van der Waals surface area contributed by atoms with Crippen LogP contribution in [0.3, 0.4) is 0 Å². The van der Waals surface area contributed by atoms with Gasteiger partial charge >= 0.3 is 12.6 Å². The highest BCUT2D eigenvalue weighted by atomic mass is 19.3. The molecule has 2 N–H and O–H groups in total. The molecule has 0 bridgehead atoms. The molecule has 0 spiro atoms. The minimum Gasteiger partial charge on any atom is -0.281 e. The molecule has 0 heterocycles. The summed E-state index contributed by atoms with van der Waals surface area (Å²) in [5.41, 5.74) is 0. The van der Waals surface area contributed by atoms with Crippen molar-refractivity contribution in [2.75, 3.05) is 0 Å². The normalized spacial score (nSPS) is 9.00. The highest BCUT2D eigenvalue weighted by Crippen LogP contribution is 1.83. The monoisotopic (exact) mass is 164 g/mol. The lowest BCUT2D eigenvalue weighted by Crippen LogP contribution is -2.40. The SMILES string of the molecule is C=CC(=O)NC(=O)NC(F)F. The number of hydrogen-bond donors (Lipinski definition) is 2. The Morgan fingerprint density at radius 3 is 2.36 bits per heavy atom. The van der Waals surface area contributed by atoms with Crippen LogP contribution in [0.2, 0.25) is 0 Å². The summed E-state index contributed by atoms with van der Waals surface area (Å²) < 4.78 is 22.7. The molecule has 0 aliphatic carbocycles. The molecule has 62 valence electrons. The molecule has 0 unspecified atom stereocenters. The first kappa shape index (κ1) is 9.54. The maximum absolute atomic E-state index is 11.3. The van der Waals surface area contributed by atoms with Gasteiger partial charge in [0.2, 0.25) is 0 Å². The zero-order valence-corrected chi connectivity index (χ0v) is 5.43. The topological polar surface area (TPSA) is 58.2 Å². The first-order chi connectivity index (χ1) is 5.06. The summed E-state index contributed by atoms with van der Waals surface area (Å²) in [4.78, 5) is 20.5. The van der Waals surface area contributed by atoms with Gasteiger partial charge in [-0.25, -0.2) is 4.79 Å². The van der Waals surface area contributed by atoms with E-state index in [-0.39, 0.29) is 0 Å². The number of nitrogens with one attached hydrogen (secondary N) is 2. The summed E-state index contributed by atoms with van der Waals surface area (Å²) in [6.07, 6.45) is 0.797. The number of alkyl halides is 2. The number of halogens is 2. The van der Waals surface area contributed by atoms with Gasteiger partial charge < -0.3 is 0 Å². The third-order valence-corrected chi connectivity index (χ3v) is 0.662. The van der Waals surface area contributed by atoms with Crippen molar-refractivity contribution in [2.24, 2.45) is 0 Å². The molecule has 0 saturated carbocycles. The molecule has 0 atom stereocenters. The molecule has 11 heavy (non-hydrogen) atoms. The Kier molecular flexibility index (Phi) is 3.79. The highest BCUT2D eigenvalue weighted by Gasteiger charge is 2.08. The molecule has 0 radical (unpaired) electrons. The van der Waals surface area contributed by atoms with E-state index in [9.17, 15) is 18.4 Å². The van der Waals surface area contributed by atoms with E-state index in [1.807, 2.05) is 0 Å². The smallest absolute Gasteiger partial charge is 0.281 e. The van der Waals surface area contributed by atoms with Crippen LogP contribution in [0.4, 0.5) is 13.6 Å². The second-order valence-corrected chi connectivity index (χ2v) is 1.47. The molecular formula is C5H6F2N2O2. The average Bonchev–Trinajstić information content (AvgIpc) is 1.85. The fourth-order valence-electron chi connectivity index (χ4n) is 0.298. The third kappa shape index (κ3) is 5.01. The molecule has 0 aromatic rings. The van der Waals surface area contributed by atoms with Crippen molar-refractivity contribution in [3.63, 3.8) is 0 Å². The van der Waals surface area contributed by atoms with Gasteiger partial charge in [-0.1, -0.05) is 6.58 Å². The summed E-state index contributed by atoms with van der Waals surface area (Å²) in [6, 6.07) is -1.25. The quantitative estimate of drug-likeness (QED) is 0.453. The Balaban J connectivity index is 3.69. The standard InChI is InChI=1S/C5H6F2N2O2/c1-2-3(10)8-5(11)9-4(6)7/h2,4H,1H2,(H2,8,9,10,11). The number of rotatable bonds is 2. The van der Waals surface area contributed by atoms with Gasteiger partial charge in [0.05, 0.1) is 0 Å². The molecule has 6 heteroatoms. The predicted octanol–water partition coefficient (Wildman–Crippen LogP) is 0.221. The zero-order valence-electron chi connectivity index (χ0n) is 5.43. The summed E-state index contributed by atoms with van der Waals surface area (Å²) in [7, 11) is 0. The van der Waals surface area contributed by atoms with E-state index in [4.69, 9.17) is 0 Å². The van der Waals surface area contributed by atoms with Crippen LogP contribution in [0.5, 0.6) is 0 Å². The average molecular weight is 164 g/mol. The van der Waals surface area contributed by atoms with Crippen molar-refractivity contribution in [2.45, 2.75) is 6.55 Å². The molecule has 0 rings (SSSR count). The van der Waals surface area contributed by atoms with Crippen molar-refractivity contribution in [1.29, 1.82) is 0 Å². The molecule has 0 fully saturated rings. The summed E-state index contributed by atoms with van der Waals surface area (Å²) in [5.74, 6) is -0.830. The molecule has 0 aliphatic rings. The molecule has 0 aromatic carbocycles. The van der Waals surface area contributed by atoms with Gasteiger partial charge in [0.1, 0.15) is 0 Å². The fourth-order valence-corrected chi connectivity index (χ4v) is 0.298. The first-order valence-corrected chi connectivity index (χ1v) is 2.58. The van der Waals surface area contributed by atoms with Crippen LogP contribution < -0.4 is 10.6 Å². The van der Waals surface area contributed by atoms with Gasteiger partial charge in [0.25, 0.3) is 5.91 Å². The summed E-state index contributed by atoms with van der Waals surface area (Å²) in [5, 5.41) is 2.73. The molecule has 0 saturated heterocycles. The summed E-state index contributed by atoms with van der Waals surface area (Å²) in [6.45, 7) is 0.0342. The molecular weight excluding hydrogens is 158 g/mol. The molecule has 0 aliphatic heterocycles. The number of carbonyl (C=O) groups is 2. The first-order valence-electron chi connectivity index (χ1n) is 2.58. The van der Waals surface area contributed by atoms with Gasteiger partial charge in [-0.3, -0.25) is 15.4 Å². The Morgan fingerprint density at radius 1 is 1.45 bits per heavy atom. The Bertz CT molecular complexity index is 181. The van der Waals surface area contributed by atoms with Crippen LogP contribution in [0.15, 0.2) is 12.7 Å². The van der Waals surface area contributed by atoms with Gasteiger partial charge in [-0.15, -0.1) is 0 Å². The Labute approximate surface area is 61.3 Å². The minimum atomic E-state index is -2.98. The van der Waals surface area contributed by atoms with Crippen LogP contribution in [0.1, 0.15) is 0 Å². The third-order valence-electron chi connectivity index (χ3n) is 0.662. The predicted molar refractivity (Wildman–Crippen MR) is 32.9 cm³/mol. The van der Waals surface area contributed by atoms with E-state index in [1.165, 1.54) is 0 Å². The van der Waals surface area contributed by atoms with E-state index >= 15 is 0 Å². The van der Waals surface area contributed by atoms with Crippen molar-refractivity contribution < 1.29 is 18.4 Å². The Morgan fingerprint density at radius 2 is 2.00 bits per heavy atom. The molecule has 4 nitrogen and oxygen atoms in total. The number of imide groups is 1. The van der Waals surface area contributed by atoms with E-state index in [1.54, 1.807) is 5.32 Å². The lowest BCUT2D eigenvalue weighted by atomic mass is 10.6. The van der Waals surface area contributed by atoms with Gasteiger partial charge in [0, 0.05) is 0 Å². The van der Waals surface area contributed by atoms with Crippen molar-refractivity contribution in [3.8, 4) is 0 Å². The van der Waals surface area contributed by atoms with E-state index in [2.05, 4.69) is 6.58 Å². The fraction of sp³-hybridized carbons (Fsp3) is 0.200. The second-order valence-electron chi connectivity index (χ2n) is 1.47. The van der Waals surface area contributed by atoms with Crippen LogP contribution in [0, 0.1) is 0 Å².